The first-order valence-corrected chi connectivity index (χ1v) is 4.63. The van der Waals surface area contributed by atoms with Crippen molar-refractivity contribution in [2.45, 2.75) is 0 Å². The standard InChI is InChI=1S/C11H9FN2O/c12-9-1-3-10(4-2-9)14-6-8(5-13)11(15)7-14/h1-4,8H,6-7H2/t8-/m1/s1. The molecule has 0 amide bonds. The van der Waals surface area contributed by atoms with E-state index >= 15 is 0 Å². The van der Waals surface area contributed by atoms with Crippen molar-refractivity contribution in [2.24, 2.45) is 5.92 Å². The maximum atomic E-state index is 12.7. The van der Waals surface area contributed by atoms with Crippen LogP contribution in [0.15, 0.2) is 24.3 Å². The van der Waals surface area contributed by atoms with Gasteiger partial charge in [-0.05, 0) is 24.3 Å². The van der Waals surface area contributed by atoms with Crippen molar-refractivity contribution in [2.75, 3.05) is 18.0 Å². The van der Waals surface area contributed by atoms with Crippen molar-refractivity contribution >= 4 is 11.5 Å². The summed E-state index contributed by atoms with van der Waals surface area (Å²) in [5.74, 6) is -0.919. The predicted molar refractivity (Wildman–Crippen MR) is 52.7 cm³/mol. The van der Waals surface area contributed by atoms with Crippen LogP contribution in [0.4, 0.5) is 10.1 Å². The first-order valence-electron chi connectivity index (χ1n) is 4.63. The molecular formula is C11H9FN2O. The zero-order chi connectivity index (χ0) is 10.8. The van der Waals surface area contributed by atoms with Gasteiger partial charge in [0, 0.05) is 12.2 Å². The number of nitrogens with zero attached hydrogens (tertiary/aromatic N) is 2. The Kier molecular flexibility index (Phi) is 2.38. The average molecular weight is 204 g/mol. The summed E-state index contributed by atoms with van der Waals surface area (Å²) in [6.07, 6.45) is 0. The highest BCUT2D eigenvalue weighted by Gasteiger charge is 2.30. The van der Waals surface area contributed by atoms with Crippen LogP contribution in [0.3, 0.4) is 0 Å². The highest BCUT2D eigenvalue weighted by atomic mass is 19.1. The lowest BCUT2D eigenvalue weighted by Crippen LogP contribution is -2.19. The SMILES string of the molecule is N#C[C@@H]1CN(c2ccc(F)cc2)CC1=O. The van der Waals surface area contributed by atoms with E-state index < -0.39 is 5.92 Å². The zero-order valence-electron chi connectivity index (χ0n) is 7.98. The molecule has 2 rings (SSSR count). The first-order chi connectivity index (χ1) is 7.20. The van der Waals surface area contributed by atoms with Gasteiger partial charge in [0.05, 0.1) is 12.6 Å². The average Bonchev–Trinajstić information content (AvgIpc) is 2.61. The third kappa shape index (κ3) is 1.82. The fourth-order valence-corrected chi connectivity index (χ4v) is 1.65. The number of carbonyl (C=O) groups is 1. The topological polar surface area (TPSA) is 44.1 Å². The van der Waals surface area contributed by atoms with Crippen molar-refractivity contribution in [3.63, 3.8) is 0 Å². The predicted octanol–water partition coefficient (Wildman–Crippen LogP) is 1.35. The highest BCUT2D eigenvalue weighted by molar-refractivity contribution is 5.91. The van der Waals surface area contributed by atoms with Gasteiger partial charge in [0.25, 0.3) is 0 Å². The van der Waals surface area contributed by atoms with Gasteiger partial charge in [0.15, 0.2) is 5.78 Å². The Morgan fingerprint density at radius 2 is 2.07 bits per heavy atom. The fraction of sp³-hybridized carbons (Fsp3) is 0.273. The van der Waals surface area contributed by atoms with Crippen LogP contribution in [-0.4, -0.2) is 18.9 Å². The van der Waals surface area contributed by atoms with Gasteiger partial charge in [-0.3, -0.25) is 4.79 Å². The minimum atomic E-state index is -0.546. The number of anilines is 1. The Morgan fingerprint density at radius 3 is 2.60 bits per heavy atom. The number of benzene rings is 1. The summed E-state index contributed by atoms with van der Waals surface area (Å²) < 4.78 is 12.7. The normalized spacial score (nSPS) is 20.4. The third-order valence-corrected chi connectivity index (χ3v) is 2.49. The first kappa shape index (κ1) is 9.66. The lowest BCUT2D eigenvalue weighted by Gasteiger charge is -2.16. The van der Waals surface area contributed by atoms with Crippen molar-refractivity contribution in [1.29, 1.82) is 5.26 Å². The molecule has 0 saturated carbocycles. The Balaban J connectivity index is 2.18. The van der Waals surface area contributed by atoms with E-state index in [2.05, 4.69) is 0 Å². The van der Waals surface area contributed by atoms with E-state index in [4.69, 9.17) is 5.26 Å². The molecule has 0 unspecified atom stereocenters. The molecular weight excluding hydrogens is 195 g/mol. The molecule has 4 heteroatoms. The molecule has 1 aromatic rings. The van der Waals surface area contributed by atoms with Crippen LogP contribution in [0.1, 0.15) is 0 Å². The second-order valence-electron chi connectivity index (χ2n) is 3.50. The summed E-state index contributed by atoms with van der Waals surface area (Å²) in [5.41, 5.74) is 0.780. The summed E-state index contributed by atoms with van der Waals surface area (Å²) in [5, 5.41) is 8.69. The van der Waals surface area contributed by atoms with E-state index in [0.29, 0.717) is 6.54 Å². The van der Waals surface area contributed by atoms with Crippen LogP contribution in [0.5, 0.6) is 0 Å². The van der Waals surface area contributed by atoms with Gasteiger partial charge in [-0.2, -0.15) is 5.26 Å². The summed E-state index contributed by atoms with van der Waals surface area (Å²) >= 11 is 0. The Bertz CT molecular complexity index is 421. The van der Waals surface area contributed by atoms with Crippen LogP contribution in [0.25, 0.3) is 0 Å². The number of hydrogen-bond donors (Lipinski definition) is 0. The largest absolute Gasteiger partial charge is 0.362 e. The van der Waals surface area contributed by atoms with E-state index in [1.54, 1.807) is 17.0 Å². The number of hydrogen-bond acceptors (Lipinski definition) is 3. The van der Waals surface area contributed by atoms with Crippen LogP contribution >= 0.6 is 0 Å². The second kappa shape index (κ2) is 3.70. The molecule has 1 saturated heterocycles. The van der Waals surface area contributed by atoms with Gasteiger partial charge in [0.2, 0.25) is 0 Å². The Hall–Kier alpha value is -1.89. The summed E-state index contributed by atoms with van der Waals surface area (Å²) in [6.45, 7) is 0.644. The van der Waals surface area contributed by atoms with Crippen molar-refractivity contribution < 1.29 is 9.18 Å². The quantitative estimate of drug-likeness (QED) is 0.693. The molecule has 0 aromatic heterocycles. The number of carbonyl (C=O) groups excluding carboxylic acids is 1. The lowest BCUT2D eigenvalue weighted by molar-refractivity contribution is -0.118. The van der Waals surface area contributed by atoms with Crippen molar-refractivity contribution in [3.05, 3.63) is 30.1 Å². The molecule has 3 nitrogen and oxygen atoms in total. The Labute approximate surface area is 86.7 Å². The second-order valence-corrected chi connectivity index (χ2v) is 3.50. The minimum absolute atomic E-state index is 0.0678. The maximum absolute atomic E-state index is 12.7. The van der Waals surface area contributed by atoms with E-state index in [9.17, 15) is 9.18 Å². The van der Waals surface area contributed by atoms with Gasteiger partial charge in [0.1, 0.15) is 11.7 Å². The van der Waals surface area contributed by atoms with Crippen molar-refractivity contribution in [1.82, 2.24) is 0 Å². The molecule has 15 heavy (non-hydrogen) atoms. The van der Waals surface area contributed by atoms with Crippen LogP contribution < -0.4 is 4.90 Å². The number of Topliss-reactive ketones (excluding diaryl/α,β-unsaturated/α-hetero) is 1. The molecule has 76 valence electrons. The summed E-state index contributed by atoms with van der Waals surface area (Å²) in [7, 11) is 0. The minimum Gasteiger partial charge on any atom is -0.362 e. The molecule has 0 aliphatic carbocycles. The zero-order valence-corrected chi connectivity index (χ0v) is 7.98. The maximum Gasteiger partial charge on any atom is 0.170 e. The number of nitriles is 1. The van der Waals surface area contributed by atoms with E-state index in [0.717, 1.165) is 5.69 Å². The molecule has 1 aromatic carbocycles. The van der Waals surface area contributed by atoms with Crippen molar-refractivity contribution in [3.8, 4) is 6.07 Å². The van der Waals surface area contributed by atoms with Gasteiger partial charge >= 0.3 is 0 Å². The molecule has 0 spiro atoms. The number of rotatable bonds is 1. The van der Waals surface area contributed by atoms with Crippen LogP contribution in [0.2, 0.25) is 0 Å². The molecule has 1 fully saturated rings. The molecule has 1 heterocycles. The third-order valence-electron chi connectivity index (χ3n) is 2.49. The van der Waals surface area contributed by atoms with E-state index in [1.807, 2.05) is 6.07 Å². The fourth-order valence-electron chi connectivity index (χ4n) is 1.65. The molecule has 0 bridgehead atoms. The lowest BCUT2D eigenvalue weighted by atomic mass is 10.1. The number of halogens is 1. The van der Waals surface area contributed by atoms with Gasteiger partial charge in [-0.1, -0.05) is 0 Å². The Morgan fingerprint density at radius 1 is 1.40 bits per heavy atom. The molecule has 0 radical (unpaired) electrons. The van der Waals surface area contributed by atoms with Gasteiger partial charge < -0.3 is 4.90 Å². The van der Waals surface area contributed by atoms with Crippen LogP contribution in [0, 0.1) is 23.1 Å². The smallest absolute Gasteiger partial charge is 0.170 e. The monoisotopic (exact) mass is 204 g/mol. The highest BCUT2D eigenvalue weighted by Crippen LogP contribution is 2.21. The molecule has 1 aliphatic heterocycles. The number of ketones is 1. The molecule has 1 atom stereocenters. The van der Waals surface area contributed by atoms with Gasteiger partial charge in [-0.25, -0.2) is 4.39 Å². The molecule has 1 aliphatic rings. The summed E-state index contributed by atoms with van der Waals surface area (Å²) in [6, 6.07) is 7.88. The van der Waals surface area contributed by atoms with Crippen LogP contribution in [-0.2, 0) is 4.79 Å². The van der Waals surface area contributed by atoms with E-state index in [1.165, 1.54) is 12.1 Å². The van der Waals surface area contributed by atoms with Gasteiger partial charge in [-0.15, -0.1) is 0 Å². The molecule has 0 N–H and O–H groups in total. The van der Waals surface area contributed by atoms with E-state index in [-0.39, 0.29) is 18.1 Å². The summed E-state index contributed by atoms with van der Waals surface area (Å²) in [4.78, 5) is 13.1.